The molecule has 0 aliphatic carbocycles. The molecule has 1 nitrogen and oxygen atoms in total. The Kier molecular flexibility index (Phi) is 5.29. The van der Waals surface area contributed by atoms with Crippen LogP contribution in [0.25, 0.3) is 16.7 Å². The van der Waals surface area contributed by atoms with Crippen molar-refractivity contribution < 1.29 is 0 Å². The Morgan fingerprint density at radius 1 is 0.471 bits per heavy atom. The first-order valence-corrected chi connectivity index (χ1v) is 11.7. The van der Waals surface area contributed by atoms with E-state index in [-0.39, 0.29) is 6.04 Å². The van der Waals surface area contributed by atoms with Crippen LogP contribution in [0.15, 0.2) is 151 Å². The molecular formula is C33H25N. The summed E-state index contributed by atoms with van der Waals surface area (Å²) in [6, 6.07) is 43.4. The molecule has 6 rings (SSSR count). The largest absolute Gasteiger partial charge is 0.336 e. The highest BCUT2D eigenvalue weighted by Crippen LogP contribution is 2.52. The number of nitrogens with zero attached hydrogens (tertiary/aromatic N) is 1. The van der Waals surface area contributed by atoms with Gasteiger partial charge in [-0.25, -0.2) is 0 Å². The predicted octanol–water partition coefficient (Wildman–Crippen LogP) is 8.15. The zero-order chi connectivity index (χ0) is 22.7. The van der Waals surface area contributed by atoms with Gasteiger partial charge in [0, 0.05) is 11.8 Å². The Bertz CT molecular complexity index is 1410. The van der Waals surface area contributed by atoms with Crippen LogP contribution in [0.4, 0.5) is 0 Å². The lowest BCUT2D eigenvalue weighted by molar-refractivity contribution is 0.421. The van der Waals surface area contributed by atoms with Crippen LogP contribution >= 0.6 is 0 Å². The van der Waals surface area contributed by atoms with Crippen LogP contribution in [0.2, 0.25) is 0 Å². The van der Waals surface area contributed by atoms with Crippen LogP contribution in [0, 0.1) is 0 Å². The molecule has 0 saturated carbocycles. The Labute approximate surface area is 201 Å². The molecule has 162 valence electrons. The summed E-state index contributed by atoms with van der Waals surface area (Å²) in [6.07, 6.45) is 8.76. The Hall–Kier alpha value is -4.36. The molecule has 2 aliphatic rings. The van der Waals surface area contributed by atoms with Crippen molar-refractivity contribution in [3.05, 3.63) is 174 Å². The Balaban J connectivity index is 1.76. The van der Waals surface area contributed by atoms with Crippen molar-refractivity contribution in [1.29, 1.82) is 0 Å². The Morgan fingerprint density at radius 2 is 0.971 bits per heavy atom. The van der Waals surface area contributed by atoms with E-state index in [0.29, 0.717) is 0 Å². The van der Waals surface area contributed by atoms with E-state index < -0.39 is 0 Å². The lowest BCUT2D eigenvalue weighted by Crippen LogP contribution is -2.30. The van der Waals surface area contributed by atoms with E-state index >= 15 is 0 Å². The molecule has 0 N–H and O–H groups in total. The molecular weight excluding hydrogens is 410 g/mol. The van der Waals surface area contributed by atoms with Crippen molar-refractivity contribution in [1.82, 2.24) is 4.90 Å². The fraction of sp³-hybridized carbons (Fsp3) is 0.0303. The van der Waals surface area contributed by atoms with Crippen LogP contribution in [0.5, 0.6) is 0 Å². The number of hydrogen-bond acceptors (Lipinski definition) is 1. The molecule has 0 bridgehead atoms. The van der Waals surface area contributed by atoms with Gasteiger partial charge in [-0.2, -0.15) is 0 Å². The van der Waals surface area contributed by atoms with E-state index in [1.54, 1.807) is 0 Å². The van der Waals surface area contributed by atoms with Crippen LogP contribution in [0.1, 0.15) is 28.3 Å². The monoisotopic (exact) mass is 435 g/mol. The van der Waals surface area contributed by atoms with Gasteiger partial charge in [-0.1, -0.05) is 127 Å². The van der Waals surface area contributed by atoms with Crippen LogP contribution in [-0.2, 0) is 0 Å². The molecule has 1 heteroatoms. The lowest BCUT2D eigenvalue weighted by atomic mass is 9.76. The van der Waals surface area contributed by atoms with Gasteiger partial charge in [0.15, 0.2) is 0 Å². The van der Waals surface area contributed by atoms with E-state index in [1.807, 2.05) is 0 Å². The third-order valence-corrected chi connectivity index (χ3v) is 6.54. The molecule has 0 spiro atoms. The molecule has 2 heterocycles. The normalized spacial score (nSPS) is 17.2. The van der Waals surface area contributed by atoms with Gasteiger partial charge in [0.05, 0.1) is 11.7 Å². The van der Waals surface area contributed by atoms with Crippen molar-refractivity contribution in [3.8, 4) is 0 Å². The van der Waals surface area contributed by atoms with E-state index in [0.717, 1.165) is 0 Å². The zero-order valence-electron chi connectivity index (χ0n) is 18.9. The average Bonchev–Trinajstić information content (AvgIpc) is 2.93. The van der Waals surface area contributed by atoms with Gasteiger partial charge in [0.25, 0.3) is 0 Å². The summed E-state index contributed by atoms with van der Waals surface area (Å²) in [7, 11) is 0. The van der Waals surface area contributed by atoms with Gasteiger partial charge in [-0.05, 0) is 45.6 Å². The second-order valence-corrected chi connectivity index (χ2v) is 8.57. The van der Waals surface area contributed by atoms with Gasteiger partial charge < -0.3 is 4.90 Å². The lowest BCUT2D eigenvalue weighted by Gasteiger charge is -2.42. The predicted molar refractivity (Wildman–Crippen MR) is 142 cm³/mol. The maximum absolute atomic E-state index is 2.44. The summed E-state index contributed by atoms with van der Waals surface area (Å²) in [5.74, 6) is 0. The SMILES string of the molecule is C1=CC2=C(c3ccccc3)C(c3ccccc3)=C(c3ccccc3)C(c3ccccc3)N2C=C1. The van der Waals surface area contributed by atoms with E-state index in [1.165, 1.54) is 44.7 Å². The maximum Gasteiger partial charge on any atom is 0.0851 e. The van der Waals surface area contributed by atoms with E-state index in [9.17, 15) is 0 Å². The third kappa shape index (κ3) is 3.52. The molecule has 2 aliphatic heterocycles. The highest BCUT2D eigenvalue weighted by molar-refractivity contribution is 6.18. The van der Waals surface area contributed by atoms with Crippen LogP contribution < -0.4 is 0 Å². The van der Waals surface area contributed by atoms with Crippen molar-refractivity contribution in [2.45, 2.75) is 6.04 Å². The van der Waals surface area contributed by atoms with Gasteiger partial charge in [-0.15, -0.1) is 0 Å². The standard InChI is InChI=1S/C33H25N/c1-5-15-25(16-6-1)30-29-23-13-14-24-34(29)33(28-21-11-4-12-22-28)32(27-19-9-3-10-20-27)31(30)26-17-7-2-8-18-26/h1-24,33H. The molecule has 0 amide bonds. The second kappa shape index (κ2) is 8.88. The average molecular weight is 436 g/mol. The fourth-order valence-electron chi connectivity index (χ4n) is 5.12. The van der Waals surface area contributed by atoms with Crippen LogP contribution in [0.3, 0.4) is 0 Å². The first kappa shape index (κ1) is 20.3. The molecule has 34 heavy (non-hydrogen) atoms. The molecule has 4 aromatic carbocycles. The van der Waals surface area contributed by atoms with Crippen molar-refractivity contribution in [3.63, 3.8) is 0 Å². The minimum absolute atomic E-state index is 0.0578. The molecule has 0 saturated heterocycles. The highest BCUT2D eigenvalue weighted by atomic mass is 15.2. The Morgan fingerprint density at radius 3 is 1.56 bits per heavy atom. The van der Waals surface area contributed by atoms with Crippen molar-refractivity contribution >= 4 is 16.7 Å². The minimum atomic E-state index is 0.0578. The number of allylic oxidation sites excluding steroid dienone is 5. The number of benzene rings is 4. The topological polar surface area (TPSA) is 3.24 Å². The summed E-state index contributed by atoms with van der Waals surface area (Å²) in [4.78, 5) is 2.44. The minimum Gasteiger partial charge on any atom is -0.336 e. The quantitative estimate of drug-likeness (QED) is 0.313. The van der Waals surface area contributed by atoms with E-state index in [4.69, 9.17) is 0 Å². The number of fused-ring (bicyclic) bond motifs is 1. The van der Waals surface area contributed by atoms with E-state index in [2.05, 4.69) is 151 Å². The molecule has 4 aromatic rings. The molecule has 0 radical (unpaired) electrons. The maximum atomic E-state index is 2.44. The summed E-state index contributed by atoms with van der Waals surface area (Å²) < 4.78 is 0. The number of hydrogen-bond donors (Lipinski definition) is 0. The van der Waals surface area contributed by atoms with Gasteiger partial charge in [0.2, 0.25) is 0 Å². The molecule has 1 unspecified atom stereocenters. The van der Waals surface area contributed by atoms with Crippen molar-refractivity contribution in [2.24, 2.45) is 0 Å². The number of rotatable bonds is 4. The van der Waals surface area contributed by atoms with Gasteiger partial charge in [0.1, 0.15) is 0 Å². The summed E-state index contributed by atoms with van der Waals surface area (Å²) in [5.41, 5.74) is 10.1. The summed E-state index contributed by atoms with van der Waals surface area (Å²) in [5, 5.41) is 0. The fourth-order valence-corrected chi connectivity index (χ4v) is 5.12. The molecule has 0 aromatic heterocycles. The second-order valence-electron chi connectivity index (χ2n) is 8.57. The smallest absolute Gasteiger partial charge is 0.0851 e. The first-order valence-electron chi connectivity index (χ1n) is 11.7. The van der Waals surface area contributed by atoms with Gasteiger partial charge >= 0.3 is 0 Å². The summed E-state index contributed by atoms with van der Waals surface area (Å²) in [6.45, 7) is 0. The molecule has 0 fully saturated rings. The van der Waals surface area contributed by atoms with Crippen LogP contribution in [-0.4, -0.2) is 4.90 Å². The van der Waals surface area contributed by atoms with Crippen molar-refractivity contribution in [2.75, 3.05) is 0 Å². The summed E-state index contributed by atoms with van der Waals surface area (Å²) >= 11 is 0. The highest BCUT2D eigenvalue weighted by Gasteiger charge is 2.36. The molecule has 1 atom stereocenters. The van der Waals surface area contributed by atoms with Gasteiger partial charge in [-0.3, -0.25) is 0 Å². The zero-order valence-corrected chi connectivity index (χ0v) is 18.9. The third-order valence-electron chi connectivity index (χ3n) is 6.54. The first-order chi connectivity index (χ1) is 16.9.